The lowest BCUT2D eigenvalue weighted by molar-refractivity contribution is -0.870. The van der Waals surface area contributed by atoms with Crippen LogP contribution in [0.5, 0.6) is 0 Å². The van der Waals surface area contributed by atoms with Crippen molar-refractivity contribution in [2.45, 2.75) is 380 Å². The van der Waals surface area contributed by atoms with E-state index in [1.165, 1.54) is 250 Å². The van der Waals surface area contributed by atoms with Gasteiger partial charge in [0.15, 0.2) is 0 Å². The van der Waals surface area contributed by atoms with Gasteiger partial charge in [0.25, 0.3) is 0 Å². The fourth-order valence-electron chi connectivity index (χ4n) is 11.2. The zero-order chi connectivity index (χ0) is 63.5. The monoisotopic (exact) mass is 1240 g/mol. The third-order valence-corrected chi connectivity index (χ3v) is 17.9. The fourth-order valence-corrected chi connectivity index (χ4v) is 11.9. The summed E-state index contributed by atoms with van der Waals surface area (Å²) in [5.41, 5.74) is 0. The average molecular weight is 1240 g/mol. The van der Waals surface area contributed by atoms with Crippen molar-refractivity contribution in [2.75, 3.05) is 40.9 Å². The smallest absolute Gasteiger partial charge is 0.456 e. The molecule has 0 aliphatic heterocycles. The molecule has 87 heavy (non-hydrogen) atoms. The molecule has 0 saturated heterocycles. The number of phosphoric acid groups is 1. The molecule has 10 heteroatoms. The summed E-state index contributed by atoms with van der Waals surface area (Å²) in [4.78, 5) is 37.9. The van der Waals surface area contributed by atoms with Crippen LogP contribution in [-0.2, 0) is 27.9 Å². The first-order valence-electron chi connectivity index (χ1n) is 37.6. The van der Waals surface area contributed by atoms with Crippen LogP contribution in [0.4, 0.5) is 0 Å². The molecule has 510 valence electrons. The van der Waals surface area contributed by atoms with E-state index >= 15 is 0 Å². The molecule has 0 rings (SSSR count). The molecule has 2 N–H and O–H groups in total. The molecule has 0 aromatic carbocycles. The zero-order valence-electron chi connectivity index (χ0n) is 58.5. The third-order valence-electron chi connectivity index (χ3n) is 17.0. The molecule has 0 spiro atoms. The van der Waals surface area contributed by atoms with Gasteiger partial charge in [0, 0.05) is 12.8 Å². The lowest BCUT2D eigenvalue weighted by atomic mass is 10.0. The number of quaternary nitrogens is 1. The minimum Gasteiger partial charge on any atom is -0.456 e. The van der Waals surface area contributed by atoms with Crippen molar-refractivity contribution >= 4 is 19.7 Å². The van der Waals surface area contributed by atoms with Crippen LogP contribution in [0, 0.1) is 0 Å². The Bertz CT molecular complexity index is 1670. The zero-order valence-corrected chi connectivity index (χ0v) is 59.4. The highest BCUT2D eigenvalue weighted by atomic mass is 31.2. The number of allylic oxidation sites excluding steroid dienone is 9. The number of nitrogens with one attached hydrogen (secondary N) is 1. The first kappa shape index (κ1) is 84.7. The topological polar surface area (TPSA) is 111 Å². The second-order valence-corrected chi connectivity index (χ2v) is 28.3. The molecule has 0 aliphatic carbocycles. The van der Waals surface area contributed by atoms with E-state index < -0.39 is 20.0 Å². The van der Waals surface area contributed by atoms with Gasteiger partial charge in [0.05, 0.1) is 33.8 Å². The van der Waals surface area contributed by atoms with Crippen molar-refractivity contribution in [1.29, 1.82) is 0 Å². The molecule has 3 atom stereocenters. The molecular formula is C77H146N2O7P+. The van der Waals surface area contributed by atoms with Gasteiger partial charge in [-0.15, -0.1) is 0 Å². The van der Waals surface area contributed by atoms with Gasteiger partial charge in [-0.2, -0.15) is 0 Å². The fraction of sp³-hybridized carbons (Fsp3) is 0.844. The number of likely N-dealkylation sites (N-methyl/N-ethyl adjacent to an activating group) is 1. The number of unbranched alkanes of at least 4 members (excludes halogenated alkanes) is 45. The van der Waals surface area contributed by atoms with E-state index in [-0.39, 0.29) is 31.5 Å². The highest BCUT2D eigenvalue weighted by Gasteiger charge is 2.30. The summed E-state index contributed by atoms with van der Waals surface area (Å²) in [5.74, 6) is -0.496. The van der Waals surface area contributed by atoms with Crippen molar-refractivity contribution in [3.8, 4) is 0 Å². The maximum Gasteiger partial charge on any atom is 0.472 e. The Morgan fingerprint density at radius 1 is 0.402 bits per heavy atom. The summed E-state index contributed by atoms with van der Waals surface area (Å²) in [6.07, 6.45) is 86.7. The van der Waals surface area contributed by atoms with E-state index in [9.17, 15) is 19.0 Å². The molecule has 1 amide bonds. The van der Waals surface area contributed by atoms with Gasteiger partial charge in [0.1, 0.15) is 19.3 Å². The summed E-state index contributed by atoms with van der Waals surface area (Å²) >= 11 is 0. The molecular weight excluding hydrogens is 1100 g/mol. The van der Waals surface area contributed by atoms with Crippen LogP contribution in [0.1, 0.15) is 367 Å². The van der Waals surface area contributed by atoms with E-state index in [4.69, 9.17) is 13.8 Å². The molecule has 0 aliphatic rings. The number of carbonyl (C=O) groups excluding carboxylic acids is 2. The summed E-state index contributed by atoms with van der Waals surface area (Å²) in [6.45, 7) is 7.03. The molecule has 0 heterocycles. The number of esters is 1. The van der Waals surface area contributed by atoms with Gasteiger partial charge in [0.2, 0.25) is 5.91 Å². The number of phosphoric ester groups is 1. The standard InChI is InChI=1S/C77H145N2O7P/c1-7-10-13-16-19-22-25-27-29-31-33-35-37-39-41-43-45-47-49-51-54-57-60-63-66-69-76(80)78-74(73-85-87(82,83)84-72-71-79(4,5)6)75(68-65-62-59-56-53-24-21-18-15-12-9-3)86-77(81)70-67-64-61-58-55-52-50-48-46-44-42-40-38-36-34-32-30-28-26-23-20-17-14-11-8-2/h20,23,28,30,34,36,40,42,65,68,74-75H,7-19,21-22,24-27,29,31-33,35,37-39,41,43-64,66-67,69-73H2,1-6H3,(H-,78,80,82,83)/p+1/b23-20-,30-28-,36-34-,42-40-,68-65+. The molecule has 0 saturated carbocycles. The van der Waals surface area contributed by atoms with Crippen molar-refractivity contribution in [3.63, 3.8) is 0 Å². The lowest BCUT2D eigenvalue weighted by Crippen LogP contribution is -2.47. The summed E-state index contributed by atoms with van der Waals surface area (Å²) in [7, 11) is 1.50. The first-order valence-corrected chi connectivity index (χ1v) is 39.1. The molecule has 0 fully saturated rings. The number of ether oxygens (including phenoxy) is 1. The number of hydrogen-bond acceptors (Lipinski definition) is 6. The molecule has 9 nitrogen and oxygen atoms in total. The lowest BCUT2D eigenvalue weighted by Gasteiger charge is -2.27. The first-order chi connectivity index (χ1) is 42.4. The normalized spacial score (nSPS) is 13.8. The van der Waals surface area contributed by atoms with E-state index in [0.717, 1.165) is 83.5 Å². The Hall–Kier alpha value is -2.29. The van der Waals surface area contributed by atoms with E-state index in [1.54, 1.807) is 0 Å². The predicted octanol–water partition coefficient (Wildman–Crippen LogP) is 24.1. The van der Waals surface area contributed by atoms with Gasteiger partial charge in [-0.3, -0.25) is 18.6 Å². The Morgan fingerprint density at radius 3 is 1.07 bits per heavy atom. The minimum atomic E-state index is -4.46. The Kier molecular flexibility index (Phi) is 64.9. The average Bonchev–Trinajstić information content (AvgIpc) is 3.70. The Balaban J connectivity index is 4.95. The van der Waals surface area contributed by atoms with Crippen LogP contribution in [0.15, 0.2) is 60.8 Å². The summed E-state index contributed by atoms with van der Waals surface area (Å²) < 4.78 is 30.9. The van der Waals surface area contributed by atoms with Crippen LogP contribution in [0.2, 0.25) is 0 Å². The van der Waals surface area contributed by atoms with Crippen LogP contribution < -0.4 is 5.32 Å². The maximum atomic E-state index is 13.6. The largest absolute Gasteiger partial charge is 0.472 e. The van der Waals surface area contributed by atoms with Gasteiger partial charge in [-0.25, -0.2) is 4.57 Å². The quantitative estimate of drug-likeness (QED) is 0.0205. The second kappa shape index (κ2) is 66.6. The third kappa shape index (κ3) is 67.9. The van der Waals surface area contributed by atoms with Gasteiger partial charge in [-0.05, 0) is 76.7 Å². The van der Waals surface area contributed by atoms with Crippen LogP contribution in [0.25, 0.3) is 0 Å². The Labute approximate surface area is 541 Å². The van der Waals surface area contributed by atoms with Crippen LogP contribution >= 0.6 is 7.82 Å². The highest BCUT2D eigenvalue weighted by molar-refractivity contribution is 7.47. The second-order valence-electron chi connectivity index (χ2n) is 26.8. The van der Waals surface area contributed by atoms with E-state index in [1.807, 2.05) is 33.3 Å². The van der Waals surface area contributed by atoms with Crippen LogP contribution in [-0.4, -0.2) is 74.3 Å². The minimum absolute atomic E-state index is 0.0400. The van der Waals surface area contributed by atoms with Crippen molar-refractivity contribution in [3.05, 3.63) is 60.8 Å². The van der Waals surface area contributed by atoms with Crippen LogP contribution in [0.3, 0.4) is 0 Å². The Morgan fingerprint density at radius 2 is 0.701 bits per heavy atom. The van der Waals surface area contributed by atoms with Crippen molar-refractivity contribution in [2.24, 2.45) is 0 Å². The molecule has 0 radical (unpaired) electrons. The van der Waals surface area contributed by atoms with Gasteiger partial charge >= 0.3 is 13.8 Å². The SMILES string of the molecule is CCCCC/C=C\C/C=C\C/C=C\C/C=C\CCCCCCCCCCCC(=O)OC(/C=C/CCCCCCCCCCC)C(COP(=O)(O)OCC[N+](C)(C)C)NC(=O)CCCCCCCCCCCCCCCCCCCCCCCCCCC. The summed E-state index contributed by atoms with van der Waals surface area (Å²) in [5, 5.41) is 3.08. The number of rotatable bonds is 69. The molecule has 0 aromatic rings. The number of carbonyl (C=O) groups is 2. The maximum absolute atomic E-state index is 13.6. The number of amides is 1. The van der Waals surface area contributed by atoms with Crippen molar-refractivity contribution in [1.82, 2.24) is 5.32 Å². The molecule has 0 aromatic heterocycles. The summed E-state index contributed by atoms with van der Waals surface area (Å²) in [6, 6.07) is -0.851. The predicted molar refractivity (Wildman–Crippen MR) is 378 cm³/mol. The van der Waals surface area contributed by atoms with E-state index in [0.29, 0.717) is 17.4 Å². The molecule has 0 bridgehead atoms. The molecule has 3 unspecified atom stereocenters. The van der Waals surface area contributed by atoms with Gasteiger partial charge < -0.3 is 19.4 Å². The van der Waals surface area contributed by atoms with Crippen molar-refractivity contribution < 1.29 is 37.3 Å². The highest BCUT2D eigenvalue weighted by Crippen LogP contribution is 2.43. The van der Waals surface area contributed by atoms with E-state index in [2.05, 4.69) is 74.7 Å². The number of hydrogen-bond donors (Lipinski definition) is 2. The van der Waals surface area contributed by atoms with Gasteiger partial charge in [-0.1, -0.05) is 339 Å². The number of nitrogens with zero attached hydrogens (tertiary/aromatic N) is 1.